The highest BCUT2D eigenvalue weighted by Gasteiger charge is 2.17. The predicted octanol–water partition coefficient (Wildman–Crippen LogP) is 4.98. The average Bonchev–Trinajstić information content (AvgIpc) is 3.22. The van der Waals surface area contributed by atoms with E-state index in [9.17, 15) is 4.79 Å². The van der Waals surface area contributed by atoms with Crippen molar-refractivity contribution in [3.8, 4) is 11.6 Å². The van der Waals surface area contributed by atoms with Gasteiger partial charge in [-0.25, -0.2) is 0 Å². The summed E-state index contributed by atoms with van der Waals surface area (Å²) in [6, 6.07) is 11.0. The van der Waals surface area contributed by atoms with Crippen LogP contribution in [0.5, 0.6) is 0 Å². The fraction of sp³-hybridized carbons (Fsp3) is 0.118. The number of anilines is 1. The Morgan fingerprint density at radius 3 is 2.65 bits per heavy atom. The summed E-state index contributed by atoms with van der Waals surface area (Å²) in [4.78, 5) is 12.2. The number of hydrogen-bond acceptors (Lipinski definition) is 5. The van der Waals surface area contributed by atoms with E-state index in [-0.39, 0.29) is 11.7 Å². The second-order valence-corrected chi connectivity index (χ2v) is 7.79. The van der Waals surface area contributed by atoms with Crippen LogP contribution in [0.3, 0.4) is 0 Å². The van der Waals surface area contributed by atoms with Crippen LogP contribution in [0.1, 0.15) is 0 Å². The van der Waals surface area contributed by atoms with E-state index in [0.29, 0.717) is 28.0 Å². The van der Waals surface area contributed by atoms with Gasteiger partial charge in [-0.1, -0.05) is 33.8 Å². The van der Waals surface area contributed by atoms with Crippen LogP contribution in [0, 0.1) is 0 Å². The third-order valence-electron chi connectivity index (χ3n) is 3.28. The third-order valence-corrected chi connectivity index (χ3v) is 5.20. The normalized spacial score (nSPS) is 10.7. The van der Waals surface area contributed by atoms with E-state index in [1.54, 1.807) is 12.1 Å². The van der Waals surface area contributed by atoms with Crippen molar-refractivity contribution in [1.82, 2.24) is 14.8 Å². The molecule has 0 saturated heterocycles. The van der Waals surface area contributed by atoms with E-state index < -0.39 is 0 Å². The van der Waals surface area contributed by atoms with E-state index in [1.807, 2.05) is 34.9 Å². The van der Waals surface area contributed by atoms with Gasteiger partial charge in [-0.05, 0) is 52.3 Å². The first-order chi connectivity index (χ1) is 12.6. The second kappa shape index (κ2) is 8.70. The number of carbonyl (C=O) groups is 1. The highest BCUT2D eigenvalue weighted by atomic mass is 79.9. The first-order valence-corrected chi connectivity index (χ1v) is 10.1. The molecule has 26 heavy (non-hydrogen) atoms. The molecule has 0 bridgehead atoms. The summed E-state index contributed by atoms with van der Waals surface area (Å²) < 4.78 is 8.98. The zero-order chi connectivity index (χ0) is 18.5. The summed E-state index contributed by atoms with van der Waals surface area (Å²) in [6.45, 7) is 4.28. The van der Waals surface area contributed by atoms with Crippen molar-refractivity contribution in [2.45, 2.75) is 11.7 Å². The van der Waals surface area contributed by atoms with Gasteiger partial charge < -0.3 is 9.73 Å². The van der Waals surface area contributed by atoms with Crippen LogP contribution in [-0.4, -0.2) is 26.4 Å². The highest BCUT2D eigenvalue weighted by Crippen LogP contribution is 2.27. The van der Waals surface area contributed by atoms with Gasteiger partial charge in [0.1, 0.15) is 0 Å². The number of halogens is 2. The molecule has 0 saturated carbocycles. The van der Waals surface area contributed by atoms with Crippen molar-refractivity contribution in [2.24, 2.45) is 0 Å². The molecule has 0 radical (unpaired) electrons. The lowest BCUT2D eigenvalue weighted by Crippen LogP contribution is -2.14. The molecule has 2 heterocycles. The summed E-state index contributed by atoms with van der Waals surface area (Å²) in [5, 5.41) is 11.8. The molecule has 0 spiro atoms. The molecule has 1 aromatic carbocycles. The monoisotopic (exact) mass is 496 g/mol. The molecule has 0 atom stereocenters. The molecule has 3 aromatic rings. The van der Waals surface area contributed by atoms with E-state index in [0.717, 1.165) is 10.2 Å². The molecule has 0 aliphatic carbocycles. The van der Waals surface area contributed by atoms with Crippen LogP contribution in [-0.2, 0) is 11.3 Å². The number of benzene rings is 1. The van der Waals surface area contributed by atoms with Crippen molar-refractivity contribution in [2.75, 3.05) is 11.1 Å². The standard InChI is InChI=1S/C17H14Br2N4O2S/c1-2-9-23-16(13-7-8-14(19)25-13)21-22-17(23)26-10-15(24)20-12-5-3-11(18)4-6-12/h2-8H,1,9-10H2,(H,20,24). The molecule has 6 nitrogen and oxygen atoms in total. The molecule has 1 N–H and O–H groups in total. The Morgan fingerprint density at radius 1 is 1.23 bits per heavy atom. The summed E-state index contributed by atoms with van der Waals surface area (Å²) >= 11 is 7.95. The minimum absolute atomic E-state index is 0.118. The lowest BCUT2D eigenvalue weighted by Gasteiger charge is -2.07. The Bertz CT molecular complexity index is 921. The van der Waals surface area contributed by atoms with Crippen LogP contribution in [0.2, 0.25) is 0 Å². The first kappa shape index (κ1) is 18.9. The van der Waals surface area contributed by atoms with Gasteiger partial charge in [0, 0.05) is 16.7 Å². The highest BCUT2D eigenvalue weighted by molar-refractivity contribution is 9.10. The number of furan rings is 1. The molecule has 3 rings (SSSR count). The number of nitrogens with zero attached hydrogens (tertiary/aromatic N) is 3. The van der Waals surface area contributed by atoms with Crippen LogP contribution >= 0.6 is 43.6 Å². The SMILES string of the molecule is C=CCn1c(SCC(=O)Nc2ccc(Br)cc2)nnc1-c1ccc(Br)o1. The Hall–Kier alpha value is -1.84. The topological polar surface area (TPSA) is 73.0 Å². The maximum absolute atomic E-state index is 12.2. The van der Waals surface area contributed by atoms with Gasteiger partial charge in [-0.2, -0.15) is 0 Å². The molecular formula is C17H14Br2N4O2S. The van der Waals surface area contributed by atoms with Gasteiger partial charge in [0.2, 0.25) is 11.7 Å². The van der Waals surface area contributed by atoms with Crippen LogP contribution in [0.25, 0.3) is 11.6 Å². The number of thioether (sulfide) groups is 1. The van der Waals surface area contributed by atoms with Gasteiger partial charge in [-0.3, -0.25) is 9.36 Å². The van der Waals surface area contributed by atoms with Crippen molar-refractivity contribution in [3.63, 3.8) is 0 Å². The van der Waals surface area contributed by atoms with Crippen molar-refractivity contribution in [1.29, 1.82) is 0 Å². The molecular weight excluding hydrogens is 484 g/mol. The first-order valence-electron chi connectivity index (χ1n) is 7.55. The van der Waals surface area contributed by atoms with Gasteiger partial charge >= 0.3 is 0 Å². The fourth-order valence-corrected chi connectivity index (χ4v) is 3.48. The van der Waals surface area contributed by atoms with Crippen molar-refractivity contribution < 1.29 is 9.21 Å². The summed E-state index contributed by atoms with van der Waals surface area (Å²) in [6.07, 6.45) is 1.75. The number of nitrogens with one attached hydrogen (secondary N) is 1. The zero-order valence-corrected chi connectivity index (χ0v) is 17.5. The number of carbonyl (C=O) groups excluding carboxylic acids is 1. The maximum atomic E-state index is 12.2. The third kappa shape index (κ3) is 4.66. The van der Waals surface area contributed by atoms with Crippen LogP contribution in [0.15, 0.2) is 67.8 Å². The van der Waals surface area contributed by atoms with Gasteiger partial charge in [0.25, 0.3) is 0 Å². The molecule has 0 aliphatic rings. The average molecular weight is 498 g/mol. The van der Waals surface area contributed by atoms with E-state index >= 15 is 0 Å². The minimum atomic E-state index is -0.118. The molecule has 134 valence electrons. The quantitative estimate of drug-likeness (QED) is 0.368. The maximum Gasteiger partial charge on any atom is 0.234 e. The number of allylic oxidation sites excluding steroid dienone is 1. The van der Waals surface area contributed by atoms with E-state index in [4.69, 9.17) is 4.42 Å². The number of hydrogen-bond donors (Lipinski definition) is 1. The van der Waals surface area contributed by atoms with Crippen molar-refractivity contribution >= 4 is 55.2 Å². The minimum Gasteiger partial charge on any atom is -0.446 e. The lowest BCUT2D eigenvalue weighted by atomic mass is 10.3. The Kier molecular flexibility index (Phi) is 6.33. The van der Waals surface area contributed by atoms with Gasteiger partial charge in [0.05, 0.1) is 5.75 Å². The smallest absolute Gasteiger partial charge is 0.234 e. The molecule has 2 aromatic heterocycles. The molecule has 9 heteroatoms. The number of rotatable bonds is 7. The lowest BCUT2D eigenvalue weighted by molar-refractivity contribution is -0.113. The number of aromatic nitrogens is 3. The second-order valence-electron chi connectivity index (χ2n) is 5.15. The Labute approximate surface area is 171 Å². The number of amides is 1. The zero-order valence-electron chi connectivity index (χ0n) is 13.5. The summed E-state index contributed by atoms with van der Waals surface area (Å²) in [5.74, 6) is 1.28. The van der Waals surface area contributed by atoms with Crippen LogP contribution in [0.4, 0.5) is 5.69 Å². The van der Waals surface area contributed by atoms with Gasteiger partial charge in [0.15, 0.2) is 15.6 Å². The molecule has 0 unspecified atom stereocenters. The summed E-state index contributed by atoms with van der Waals surface area (Å²) in [7, 11) is 0. The predicted molar refractivity (Wildman–Crippen MR) is 109 cm³/mol. The fourth-order valence-electron chi connectivity index (χ4n) is 2.17. The molecule has 1 amide bonds. The van der Waals surface area contributed by atoms with E-state index in [1.165, 1.54) is 11.8 Å². The molecule has 0 fully saturated rings. The Morgan fingerprint density at radius 2 is 2.00 bits per heavy atom. The van der Waals surface area contributed by atoms with Crippen LogP contribution < -0.4 is 5.32 Å². The summed E-state index contributed by atoms with van der Waals surface area (Å²) in [5.41, 5.74) is 0.743. The largest absolute Gasteiger partial charge is 0.446 e. The van der Waals surface area contributed by atoms with Gasteiger partial charge in [-0.15, -0.1) is 16.8 Å². The van der Waals surface area contributed by atoms with Crippen molar-refractivity contribution in [3.05, 3.63) is 58.2 Å². The molecule has 0 aliphatic heterocycles. The van der Waals surface area contributed by atoms with E-state index in [2.05, 4.69) is 54.0 Å². The Balaban J connectivity index is 1.69.